The smallest absolute Gasteiger partial charge is 0.324 e. The predicted octanol–water partition coefficient (Wildman–Crippen LogP) is 2.93. The number of hydrogen-bond acceptors (Lipinski definition) is 5. The molecule has 0 aromatic heterocycles. The number of carboxylic acids is 1. The van der Waals surface area contributed by atoms with Crippen LogP contribution in [0.3, 0.4) is 0 Å². The zero-order valence-electron chi connectivity index (χ0n) is 14.9. The van der Waals surface area contributed by atoms with E-state index in [1.54, 1.807) is 41.5 Å². The minimum absolute atomic E-state index is 0.0772. The summed E-state index contributed by atoms with van der Waals surface area (Å²) >= 11 is 0. The van der Waals surface area contributed by atoms with Gasteiger partial charge in [-0.2, -0.15) is 0 Å². The standard InChI is InChI=1S/C17H28O6/c1-15(2,3)22-12(18)11-8-7-9-17(10-11,13(19)20)14(21)23-16(4,5)6/h11H,7-10H2,1-6H3,(H,19,20). The first kappa shape index (κ1) is 19.5. The van der Waals surface area contributed by atoms with E-state index in [4.69, 9.17) is 9.47 Å². The Morgan fingerprint density at radius 1 is 1.00 bits per heavy atom. The van der Waals surface area contributed by atoms with Gasteiger partial charge in [-0.15, -0.1) is 0 Å². The summed E-state index contributed by atoms with van der Waals surface area (Å²) in [5.41, 5.74) is -3.10. The molecular formula is C17H28O6. The van der Waals surface area contributed by atoms with Crippen LogP contribution in [0.4, 0.5) is 0 Å². The Morgan fingerprint density at radius 2 is 1.52 bits per heavy atom. The van der Waals surface area contributed by atoms with Crippen molar-refractivity contribution in [2.45, 2.75) is 78.4 Å². The fourth-order valence-corrected chi connectivity index (χ4v) is 2.70. The van der Waals surface area contributed by atoms with E-state index in [0.717, 1.165) is 0 Å². The first-order chi connectivity index (χ1) is 10.3. The molecule has 132 valence electrons. The zero-order valence-corrected chi connectivity index (χ0v) is 14.9. The number of hydrogen-bond donors (Lipinski definition) is 1. The Kier molecular flexibility index (Phi) is 5.49. The van der Waals surface area contributed by atoms with Gasteiger partial charge >= 0.3 is 17.9 Å². The summed E-state index contributed by atoms with van der Waals surface area (Å²) < 4.78 is 10.6. The van der Waals surface area contributed by atoms with Crippen molar-refractivity contribution in [3.05, 3.63) is 0 Å². The Hall–Kier alpha value is -1.59. The molecule has 2 unspecified atom stereocenters. The molecule has 1 aliphatic rings. The summed E-state index contributed by atoms with van der Waals surface area (Å²) in [5, 5.41) is 9.64. The quantitative estimate of drug-likeness (QED) is 0.633. The molecule has 6 heteroatoms. The molecule has 0 heterocycles. The number of rotatable bonds is 3. The maximum absolute atomic E-state index is 12.5. The van der Waals surface area contributed by atoms with Gasteiger partial charge in [0, 0.05) is 0 Å². The molecule has 1 N–H and O–H groups in total. The van der Waals surface area contributed by atoms with E-state index >= 15 is 0 Å². The number of ether oxygens (including phenoxy) is 2. The number of aliphatic carboxylic acids is 1. The van der Waals surface area contributed by atoms with Gasteiger partial charge in [0.25, 0.3) is 0 Å². The van der Waals surface area contributed by atoms with Crippen LogP contribution in [-0.4, -0.2) is 34.2 Å². The van der Waals surface area contributed by atoms with Crippen molar-refractivity contribution in [2.75, 3.05) is 0 Å². The average molecular weight is 328 g/mol. The highest BCUT2D eigenvalue weighted by atomic mass is 16.6. The highest BCUT2D eigenvalue weighted by molar-refractivity contribution is 6.00. The summed E-state index contributed by atoms with van der Waals surface area (Å²) in [4.78, 5) is 36.5. The highest BCUT2D eigenvalue weighted by Gasteiger charge is 2.53. The number of carbonyl (C=O) groups is 3. The number of esters is 2. The SMILES string of the molecule is CC(C)(C)OC(=O)C1CCCC(C(=O)O)(C(=O)OC(C)(C)C)C1. The third kappa shape index (κ3) is 5.22. The minimum Gasteiger partial charge on any atom is -0.480 e. The molecule has 0 bridgehead atoms. The molecule has 0 spiro atoms. The summed E-state index contributed by atoms with van der Waals surface area (Å²) in [5.74, 6) is -3.07. The Balaban J connectivity index is 2.99. The molecule has 0 aromatic carbocycles. The molecule has 23 heavy (non-hydrogen) atoms. The molecule has 6 nitrogen and oxygen atoms in total. The fourth-order valence-electron chi connectivity index (χ4n) is 2.70. The van der Waals surface area contributed by atoms with Gasteiger partial charge < -0.3 is 14.6 Å². The molecular weight excluding hydrogens is 300 g/mol. The van der Waals surface area contributed by atoms with Crippen molar-refractivity contribution >= 4 is 17.9 Å². The Morgan fingerprint density at radius 3 is 1.96 bits per heavy atom. The lowest BCUT2D eigenvalue weighted by Gasteiger charge is -2.37. The third-order valence-corrected chi connectivity index (χ3v) is 3.69. The molecule has 1 rings (SSSR count). The molecule has 1 fully saturated rings. The second-order valence-corrected chi connectivity index (χ2v) is 8.22. The van der Waals surface area contributed by atoms with E-state index in [-0.39, 0.29) is 12.8 Å². The van der Waals surface area contributed by atoms with E-state index in [2.05, 4.69) is 0 Å². The van der Waals surface area contributed by atoms with Crippen LogP contribution in [-0.2, 0) is 23.9 Å². The first-order valence-electron chi connectivity index (χ1n) is 7.96. The van der Waals surface area contributed by atoms with Crippen molar-refractivity contribution in [1.29, 1.82) is 0 Å². The van der Waals surface area contributed by atoms with Gasteiger partial charge in [-0.25, -0.2) is 0 Å². The van der Waals surface area contributed by atoms with Crippen LogP contribution in [0.2, 0.25) is 0 Å². The third-order valence-electron chi connectivity index (χ3n) is 3.69. The van der Waals surface area contributed by atoms with Crippen molar-refractivity contribution in [3.8, 4) is 0 Å². The van der Waals surface area contributed by atoms with Gasteiger partial charge in [-0.3, -0.25) is 14.4 Å². The summed E-state index contributed by atoms with van der Waals surface area (Å²) in [6, 6.07) is 0. The van der Waals surface area contributed by atoms with Crippen molar-refractivity contribution in [3.63, 3.8) is 0 Å². The van der Waals surface area contributed by atoms with Gasteiger partial charge in [-0.05, 0) is 60.8 Å². The lowest BCUT2D eigenvalue weighted by atomic mass is 9.69. The normalized spacial score (nSPS) is 25.6. The van der Waals surface area contributed by atoms with Crippen LogP contribution < -0.4 is 0 Å². The monoisotopic (exact) mass is 328 g/mol. The van der Waals surface area contributed by atoms with E-state index in [9.17, 15) is 19.5 Å². The van der Waals surface area contributed by atoms with Crippen LogP contribution in [0.15, 0.2) is 0 Å². The molecule has 0 amide bonds. The topological polar surface area (TPSA) is 89.9 Å². The second-order valence-electron chi connectivity index (χ2n) is 8.22. The van der Waals surface area contributed by atoms with Gasteiger partial charge in [0.05, 0.1) is 5.92 Å². The molecule has 0 saturated heterocycles. The van der Waals surface area contributed by atoms with E-state index in [0.29, 0.717) is 12.8 Å². The average Bonchev–Trinajstić information content (AvgIpc) is 2.34. The molecule has 1 saturated carbocycles. The second kappa shape index (κ2) is 6.49. The largest absolute Gasteiger partial charge is 0.480 e. The van der Waals surface area contributed by atoms with Crippen LogP contribution >= 0.6 is 0 Å². The van der Waals surface area contributed by atoms with E-state index < -0.39 is 40.4 Å². The van der Waals surface area contributed by atoms with Crippen LogP contribution in [0.5, 0.6) is 0 Å². The Labute approximate surface area is 137 Å². The van der Waals surface area contributed by atoms with Crippen molar-refractivity contribution in [2.24, 2.45) is 11.3 Å². The summed E-state index contributed by atoms with van der Waals surface area (Å²) in [7, 11) is 0. The maximum atomic E-state index is 12.5. The fraction of sp³-hybridized carbons (Fsp3) is 0.824. The summed E-state index contributed by atoms with van der Waals surface area (Å²) in [6.07, 6.45) is 1.09. The predicted molar refractivity (Wildman–Crippen MR) is 83.7 cm³/mol. The minimum atomic E-state index is -1.67. The first-order valence-corrected chi connectivity index (χ1v) is 7.96. The molecule has 0 aliphatic heterocycles. The number of carboxylic acid groups (broad SMARTS) is 1. The summed E-state index contributed by atoms with van der Waals surface area (Å²) in [6.45, 7) is 10.3. The van der Waals surface area contributed by atoms with Gasteiger partial charge in [0.2, 0.25) is 0 Å². The molecule has 1 aliphatic carbocycles. The van der Waals surface area contributed by atoms with Crippen molar-refractivity contribution in [1.82, 2.24) is 0 Å². The van der Waals surface area contributed by atoms with Crippen molar-refractivity contribution < 1.29 is 29.0 Å². The zero-order chi connectivity index (χ0) is 18.1. The molecule has 2 atom stereocenters. The number of carbonyl (C=O) groups excluding carboxylic acids is 2. The van der Waals surface area contributed by atoms with Crippen LogP contribution in [0.1, 0.15) is 67.2 Å². The van der Waals surface area contributed by atoms with Gasteiger partial charge in [-0.1, -0.05) is 6.42 Å². The highest BCUT2D eigenvalue weighted by Crippen LogP contribution is 2.42. The van der Waals surface area contributed by atoms with E-state index in [1.165, 1.54) is 0 Å². The van der Waals surface area contributed by atoms with Gasteiger partial charge in [0.1, 0.15) is 11.2 Å². The lowest BCUT2D eigenvalue weighted by molar-refractivity contribution is -0.183. The molecule has 0 aromatic rings. The molecule has 0 radical (unpaired) electrons. The maximum Gasteiger partial charge on any atom is 0.324 e. The van der Waals surface area contributed by atoms with Crippen LogP contribution in [0.25, 0.3) is 0 Å². The lowest BCUT2D eigenvalue weighted by Crippen LogP contribution is -2.48. The van der Waals surface area contributed by atoms with Crippen LogP contribution in [0, 0.1) is 11.3 Å². The van der Waals surface area contributed by atoms with Gasteiger partial charge in [0.15, 0.2) is 5.41 Å². The Bertz CT molecular complexity index is 482. The van der Waals surface area contributed by atoms with E-state index in [1.807, 2.05) is 0 Å².